The summed E-state index contributed by atoms with van der Waals surface area (Å²) in [6.45, 7) is 7.48. The smallest absolute Gasteiger partial charge is 0.350 e. The van der Waals surface area contributed by atoms with Crippen LogP contribution < -0.4 is 0 Å². The maximum Gasteiger partial charge on any atom is 0.350 e. The third-order valence-electron chi connectivity index (χ3n) is 2.52. The van der Waals surface area contributed by atoms with E-state index in [1.54, 1.807) is 0 Å². The molecule has 0 heterocycles. The molecule has 0 aliphatic heterocycles. The highest BCUT2D eigenvalue weighted by molar-refractivity contribution is 6.37. The summed E-state index contributed by atoms with van der Waals surface area (Å²) in [6.07, 6.45) is 0. The summed E-state index contributed by atoms with van der Waals surface area (Å²) < 4.78 is 0. The Bertz CT molecular complexity index is 416. The molecule has 1 atom stereocenters. The lowest BCUT2D eigenvalue weighted by Gasteiger charge is -2.20. The van der Waals surface area contributed by atoms with E-state index in [1.807, 2.05) is 58.0 Å². The molecule has 3 nitrogen and oxygen atoms in total. The van der Waals surface area contributed by atoms with Gasteiger partial charge in [-0.05, 0) is 12.5 Å². The van der Waals surface area contributed by atoms with Crippen molar-refractivity contribution in [3.8, 4) is 0 Å². The van der Waals surface area contributed by atoms with Gasteiger partial charge in [0.15, 0.2) is 0 Å². The third-order valence-corrected chi connectivity index (χ3v) is 2.52. The Labute approximate surface area is 102 Å². The lowest BCUT2D eigenvalue weighted by molar-refractivity contribution is -0.129. The lowest BCUT2D eigenvalue weighted by atomic mass is 9.89. The Balaban J connectivity index is 3.04. The van der Waals surface area contributed by atoms with Gasteiger partial charge in [-0.2, -0.15) is 0 Å². The second kappa shape index (κ2) is 5.13. The molecule has 0 aromatic heterocycles. The van der Waals surface area contributed by atoms with Crippen LogP contribution in [-0.2, 0) is 4.79 Å². The quantitative estimate of drug-likeness (QED) is 0.814. The summed E-state index contributed by atoms with van der Waals surface area (Å²) in [4.78, 5) is 15.5. The van der Waals surface area contributed by atoms with Crippen molar-refractivity contribution < 1.29 is 9.90 Å². The minimum atomic E-state index is -0.944. The van der Waals surface area contributed by atoms with Crippen LogP contribution in [-0.4, -0.2) is 16.8 Å². The summed E-state index contributed by atoms with van der Waals surface area (Å²) in [5.41, 5.74) is 0.791. The highest BCUT2D eigenvalue weighted by Crippen LogP contribution is 2.22. The zero-order chi connectivity index (χ0) is 13.1. The number of carbonyl (C=O) groups is 1. The highest BCUT2D eigenvalue weighted by atomic mass is 16.4. The molecule has 0 aliphatic carbocycles. The van der Waals surface area contributed by atoms with Crippen LogP contribution in [0.3, 0.4) is 0 Å². The van der Waals surface area contributed by atoms with Gasteiger partial charge in [-0.25, -0.2) is 4.79 Å². The van der Waals surface area contributed by atoms with Crippen molar-refractivity contribution in [2.24, 2.45) is 10.4 Å². The van der Waals surface area contributed by atoms with Crippen LogP contribution in [0.2, 0.25) is 0 Å². The molecule has 0 saturated heterocycles. The predicted octanol–water partition coefficient (Wildman–Crippen LogP) is 3.32. The number of hydrogen-bond acceptors (Lipinski definition) is 2. The Hall–Kier alpha value is -1.64. The average molecular weight is 233 g/mol. The fourth-order valence-electron chi connectivity index (χ4n) is 1.57. The summed E-state index contributed by atoms with van der Waals surface area (Å²) in [5, 5.41) is 9.17. The van der Waals surface area contributed by atoms with Gasteiger partial charge in [0.2, 0.25) is 0 Å². The van der Waals surface area contributed by atoms with Gasteiger partial charge >= 0.3 is 5.97 Å². The number of rotatable bonds is 3. The molecule has 0 aliphatic rings. The number of nitrogens with zero attached hydrogens (tertiary/aromatic N) is 1. The van der Waals surface area contributed by atoms with E-state index >= 15 is 0 Å². The van der Waals surface area contributed by atoms with E-state index in [0.717, 1.165) is 5.56 Å². The number of aliphatic imine (C=N–C) groups is 1. The minimum Gasteiger partial charge on any atom is -0.477 e. The van der Waals surface area contributed by atoms with Crippen molar-refractivity contribution in [2.75, 3.05) is 0 Å². The Morgan fingerprint density at radius 2 is 1.76 bits per heavy atom. The van der Waals surface area contributed by atoms with E-state index in [0.29, 0.717) is 0 Å². The fraction of sp³-hybridized carbons (Fsp3) is 0.429. The molecule has 0 radical (unpaired) electrons. The highest BCUT2D eigenvalue weighted by Gasteiger charge is 2.26. The van der Waals surface area contributed by atoms with Crippen molar-refractivity contribution in [1.29, 1.82) is 0 Å². The molecule has 0 amide bonds. The fourth-order valence-corrected chi connectivity index (χ4v) is 1.57. The first kappa shape index (κ1) is 13.4. The average Bonchev–Trinajstić information content (AvgIpc) is 2.24. The van der Waals surface area contributed by atoms with Gasteiger partial charge in [0, 0.05) is 5.41 Å². The van der Waals surface area contributed by atoms with Crippen LogP contribution in [0.5, 0.6) is 0 Å². The van der Waals surface area contributed by atoms with Crippen LogP contribution >= 0.6 is 0 Å². The van der Waals surface area contributed by atoms with E-state index < -0.39 is 11.4 Å². The summed E-state index contributed by atoms with van der Waals surface area (Å²) in [7, 11) is 0. The van der Waals surface area contributed by atoms with Gasteiger partial charge < -0.3 is 5.11 Å². The van der Waals surface area contributed by atoms with E-state index in [9.17, 15) is 9.90 Å². The van der Waals surface area contributed by atoms with Crippen molar-refractivity contribution in [1.82, 2.24) is 0 Å². The third kappa shape index (κ3) is 3.70. The van der Waals surface area contributed by atoms with E-state index in [2.05, 4.69) is 4.99 Å². The van der Waals surface area contributed by atoms with Gasteiger partial charge in [0.05, 0.1) is 6.04 Å². The SMILES string of the molecule is CC(N=C(C(=O)O)C(C)(C)C)c1ccccc1. The predicted molar refractivity (Wildman–Crippen MR) is 69.4 cm³/mol. The van der Waals surface area contributed by atoms with Gasteiger partial charge in [-0.3, -0.25) is 4.99 Å². The van der Waals surface area contributed by atoms with Gasteiger partial charge in [-0.15, -0.1) is 0 Å². The van der Waals surface area contributed by atoms with Crippen molar-refractivity contribution >= 4 is 11.7 Å². The van der Waals surface area contributed by atoms with Gasteiger partial charge in [0.1, 0.15) is 5.71 Å². The molecule has 92 valence electrons. The summed E-state index contributed by atoms with van der Waals surface area (Å²) >= 11 is 0. The van der Waals surface area contributed by atoms with Crippen molar-refractivity contribution in [3.63, 3.8) is 0 Å². The van der Waals surface area contributed by atoms with Gasteiger partial charge in [-0.1, -0.05) is 51.1 Å². The molecule has 1 aromatic rings. The Morgan fingerprint density at radius 3 is 2.18 bits per heavy atom. The first-order chi connectivity index (χ1) is 7.82. The summed E-state index contributed by atoms with van der Waals surface area (Å²) in [5.74, 6) is -0.944. The Morgan fingerprint density at radius 1 is 1.24 bits per heavy atom. The van der Waals surface area contributed by atoms with Crippen molar-refractivity contribution in [3.05, 3.63) is 35.9 Å². The second-order valence-electron chi connectivity index (χ2n) is 5.12. The maximum atomic E-state index is 11.2. The topological polar surface area (TPSA) is 49.7 Å². The maximum absolute atomic E-state index is 11.2. The molecule has 0 saturated carbocycles. The molecule has 3 heteroatoms. The van der Waals surface area contributed by atoms with E-state index in [4.69, 9.17) is 0 Å². The van der Waals surface area contributed by atoms with Crippen LogP contribution in [0, 0.1) is 5.41 Å². The van der Waals surface area contributed by atoms with Crippen molar-refractivity contribution in [2.45, 2.75) is 33.7 Å². The Kier molecular flexibility index (Phi) is 4.05. The number of hydrogen-bond donors (Lipinski definition) is 1. The van der Waals surface area contributed by atoms with Crippen LogP contribution in [0.25, 0.3) is 0 Å². The van der Waals surface area contributed by atoms with E-state index in [-0.39, 0.29) is 11.8 Å². The zero-order valence-electron chi connectivity index (χ0n) is 10.8. The zero-order valence-corrected chi connectivity index (χ0v) is 10.8. The minimum absolute atomic E-state index is 0.137. The van der Waals surface area contributed by atoms with Crippen LogP contribution in [0.1, 0.15) is 39.3 Å². The van der Waals surface area contributed by atoms with E-state index in [1.165, 1.54) is 0 Å². The molecule has 1 aromatic carbocycles. The molecular formula is C14H19NO2. The number of carboxylic acid groups (broad SMARTS) is 1. The molecule has 0 spiro atoms. The molecular weight excluding hydrogens is 214 g/mol. The molecule has 1 N–H and O–H groups in total. The second-order valence-corrected chi connectivity index (χ2v) is 5.12. The lowest BCUT2D eigenvalue weighted by Crippen LogP contribution is -2.29. The number of carboxylic acids is 1. The normalized spacial score (nSPS) is 14.5. The summed E-state index contributed by atoms with van der Waals surface area (Å²) in [6, 6.07) is 9.56. The molecule has 1 unspecified atom stereocenters. The first-order valence-corrected chi connectivity index (χ1v) is 5.69. The van der Waals surface area contributed by atoms with Crippen LogP contribution in [0.4, 0.5) is 0 Å². The largest absolute Gasteiger partial charge is 0.477 e. The monoisotopic (exact) mass is 233 g/mol. The van der Waals surface area contributed by atoms with Gasteiger partial charge in [0.25, 0.3) is 0 Å². The first-order valence-electron chi connectivity index (χ1n) is 5.69. The van der Waals surface area contributed by atoms with Crippen LogP contribution in [0.15, 0.2) is 35.3 Å². The molecule has 17 heavy (non-hydrogen) atoms. The number of benzene rings is 1. The molecule has 0 bridgehead atoms. The standard InChI is InChI=1S/C14H19NO2/c1-10(11-8-6-5-7-9-11)15-12(13(16)17)14(2,3)4/h5-10H,1-4H3,(H,16,17). The molecule has 0 fully saturated rings. The molecule has 1 rings (SSSR count). The number of aliphatic carboxylic acids is 1.